The Morgan fingerprint density at radius 3 is 2.84 bits per heavy atom. The predicted octanol–water partition coefficient (Wildman–Crippen LogP) is 1.77. The number of aromatic nitrogens is 1. The van der Waals surface area contributed by atoms with Gasteiger partial charge in [0.2, 0.25) is 5.91 Å². The zero-order valence-corrected chi connectivity index (χ0v) is 11.5. The van der Waals surface area contributed by atoms with E-state index in [0.717, 1.165) is 16.6 Å². The van der Waals surface area contributed by atoms with Crippen molar-refractivity contribution in [3.05, 3.63) is 41.6 Å². The quantitative estimate of drug-likeness (QED) is 0.877. The third-order valence-corrected chi connectivity index (χ3v) is 3.17. The van der Waals surface area contributed by atoms with Gasteiger partial charge in [0.05, 0.1) is 11.6 Å². The number of carbonyl (C=O) groups excluding carboxylic acids is 1. The van der Waals surface area contributed by atoms with Crippen molar-refractivity contribution in [2.75, 3.05) is 7.05 Å². The highest BCUT2D eigenvalue weighted by molar-refractivity contribution is 5.83. The molecule has 2 N–H and O–H groups in total. The van der Waals surface area contributed by atoms with Gasteiger partial charge in [0, 0.05) is 24.7 Å². The molecule has 4 heteroatoms. The van der Waals surface area contributed by atoms with Crippen LogP contribution in [0.1, 0.15) is 18.2 Å². The van der Waals surface area contributed by atoms with Crippen molar-refractivity contribution < 1.29 is 4.79 Å². The van der Waals surface area contributed by atoms with E-state index in [4.69, 9.17) is 0 Å². The van der Waals surface area contributed by atoms with E-state index in [1.54, 1.807) is 7.05 Å². The van der Waals surface area contributed by atoms with Crippen LogP contribution in [0, 0.1) is 6.92 Å². The van der Waals surface area contributed by atoms with E-state index < -0.39 is 0 Å². The second-order valence-corrected chi connectivity index (χ2v) is 4.66. The molecule has 1 atom stereocenters. The SMILES string of the molecule is CNC(=O)C(C)NCc1cc(C)nc2ccccc12. The normalized spacial score (nSPS) is 12.4. The lowest BCUT2D eigenvalue weighted by atomic mass is 10.1. The summed E-state index contributed by atoms with van der Waals surface area (Å²) < 4.78 is 0. The number of hydrogen-bond donors (Lipinski definition) is 2. The standard InChI is InChI=1S/C15H19N3O/c1-10-8-12(9-17-11(2)15(19)16-3)13-6-4-5-7-14(13)18-10/h4-8,11,17H,9H2,1-3H3,(H,16,19). The van der Waals surface area contributed by atoms with Crippen LogP contribution < -0.4 is 10.6 Å². The Bertz CT molecular complexity index is 595. The number of nitrogens with one attached hydrogen (secondary N) is 2. The maximum Gasteiger partial charge on any atom is 0.236 e. The zero-order chi connectivity index (χ0) is 13.8. The highest BCUT2D eigenvalue weighted by atomic mass is 16.2. The molecular formula is C15H19N3O. The molecule has 1 aromatic carbocycles. The summed E-state index contributed by atoms with van der Waals surface area (Å²) in [4.78, 5) is 16.0. The van der Waals surface area contributed by atoms with E-state index in [1.807, 2.05) is 32.0 Å². The largest absolute Gasteiger partial charge is 0.358 e. The van der Waals surface area contributed by atoms with Crippen LogP contribution in [0.5, 0.6) is 0 Å². The van der Waals surface area contributed by atoms with Gasteiger partial charge in [-0.05, 0) is 31.5 Å². The number of nitrogens with zero attached hydrogens (tertiary/aromatic N) is 1. The first-order valence-electron chi connectivity index (χ1n) is 6.42. The van der Waals surface area contributed by atoms with Gasteiger partial charge in [-0.2, -0.15) is 0 Å². The summed E-state index contributed by atoms with van der Waals surface area (Å²) in [6, 6.07) is 9.91. The van der Waals surface area contributed by atoms with Crippen molar-refractivity contribution in [1.82, 2.24) is 15.6 Å². The molecule has 2 aromatic rings. The van der Waals surface area contributed by atoms with E-state index in [9.17, 15) is 4.79 Å². The van der Waals surface area contributed by atoms with Gasteiger partial charge >= 0.3 is 0 Å². The first-order valence-corrected chi connectivity index (χ1v) is 6.42. The molecule has 0 aliphatic heterocycles. The average Bonchev–Trinajstić information content (AvgIpc) is 2.43. The van der Waals surface area contributed by atoms with Crippen molar-refractivity contribution >= 4 is 16.8 Å². The molecule has 1 heterocycles. The molecule has 0 saturated heterocycles. The average molecular weight is 257 g/mol. The topological polar surface area (TPSA) is 54.0 Å². The van der Waals surface area contributed by atoms with E-state index in [2.05, 4.69) is 27.8 Å². The van der Waals surface area contributed by atoms with Gasteiger partial charge in [-0.25, -0.2) is 0 Å². The molecule has 0 radical (unpaired) electrons. The Morgan fingerprint density at radius 1 is 1.37 bits per heavy atom. The number of carbonyl (C=O) groups is 1. The fraction of sp³-hybridized carbons (Fsp3) is 0.333. The van der Waals surface area contributed by atoms with Crippen LogP contribution in [-0.2, 0) is 11.3 Å². The van der Waals surface area contributed by atoms with Crippen LogP contribution in [-0.4, -0.2) is 24.0 Å². The molecule has 100 valence electrons. The van der Waals surface area contributed by atoms with Gasteiger partial charge in [0.25, 0.3) is 0 Å². The molecule has 1 amide bonds. The molecular weight excluding hydrogens is 238 g/mol. The Morgan fingerprint density at radius 2 is 2.11 bits per heavy atom. The maximum atomic E-state index is 11.5. The number of fused-ring (bicyclic) bond motifs is 1. The molecule has 0 aliphatic carbocycles. The summed E-state index contributed by atoms with van der Waals surface area (Å²) >= 11 is 0. The van der Waals surface area contributed by atoms with Crippen LogP contribution in [0.4, 0.5) is 0 Å². The molecule has 0 spiro atoms. The number of para-hydroxylation sites is 1. The first kappa shape index (κ1) is 13.5. The zero-order valence-electron chi connectivity index (χ0n) is 11.5. The van der Waals surface area contributed by atoms with E-state index in [-0.39, 0.29) is 11.9 Å². The number of rotatable bonds is 4. The predicted molar refractivity (Wildman–Crippen MR) is 76.8 cm³/mol. The van der Waals surface area contributed by atoms with Gasteiger partial charge in [-0.3, -0.25) is 9.78 Å². The highest BCUT2D eigenvalue weighted by Gasteiger charge is 2.11. The maximum absolute atomic E-state index is 11.5. The number of benzene rings is 1. The van der Waals surface area contributed by atoms with Crippen LogP contribution in [0.25, 0.3) is 10.9 Å². The monoisotopic (exact) mass is 257 g/mol. The molecule has 1 unspecified atom stereocenters. The summed E-state index contributed by atoms with van der Waals surface area (Å²) in [5.74, 6) is -0.00455. The third-order valence-electron chi connectivity index (χ3n) is 3.17. The van der Waals surface area contributed by atoms with Crippen LogP contribution in [0.2, 0.25) is 0 Å². The van der Waals surface area contributed by atoms with Gasteiger partial charge in [-0.1, -0.05) is 18.2 Å². The Balaban J connectivity index is 2.23. The number of hydrogen-bond acceptors (Lipinski definition) is 3. The Kier molecular flexibility index (Phi) is 4.12. The molecule has 0 fully saturated rings. The van der Waals surface area contributed by atoms with Crippen molar-refractivity contribution in [3.63, 3.8) is 0 Å². The second kappa shape index (κ2) is 5.80. The van der Waals surface area contributed by atoms with Crippen molar-refractivity contribution in [1.29, 1.82) is 0 Å². The van der Waals surface area contributed by atoms with Crippen molar-refractivity contribution in [2.24, 2.45) is 0 Å². The summed E-state index contributed by atoms with van der Waals surface area (Å²) in [6.45, 7) is 4.49. The number of pyridine rings is 1. The molecule has 0 bridgehead atoms. The fourth-order valence-corrected chi connectivity index (χ4v) is 2.11. The summed E-state index contributed by atoms with van der Waals surface area (Å²) in [7, 11) is 1.65. The van der Waals surface area contributed by atoms with Crippen LogP contribution in [0.15, 0.2) is 30.3 Å². The molecule has 0 saturated carbocycles. The van der Waals surface area contributed by atoms with E-state index >= 15 is 0 Å². The minimum Gasteiger partial charge on any atom is -0.358 e. The third kappa shape index (κ3) is 3.09. The second-order valence-electron chi connectivity index (χ2n) is 4.66. The van der Waals surface area contributed by atoms with Crippen LogP contribution in [0.3, 0.4) is 0 Å². The minimum absolute atomic E-state index is 0.00455. The summed E-state index contributed by atoms with van der Waals surface area (Å²) in [6.07, 6.45) is 0. The lowest BCUT2D eigenvalue weighted by Crippen LogP contribution is -2.40. The van der Waals surface area contributed by atoms with E-state index in [0.29, 0.717) is 6.54 Å². The van der Waals surface area contributed by atoms with Gasteiger partial charge in [0.1, 0.15) is 0 Å². The first-order chi connectivity index (χ1) is 9.11. The van der Waals surface area contributed by atoms with Gasteiger partial charge < -0.3 is 10.6 Å². The minimum atomic E-state index is -0.211. The smallest absolute Gasteiger partial charge is 0.236 e. The number of likely N-dealkylation sites (N-methyl/N-ethyl adjacent to an activating group) is 1. The summed E-state index contributed by atoms with van der Waals surface area (Å²) in [5.41, 5.74) is 3.15. The Labute approximate surface area is 113 Å². The van der Waals surface area contributed by atoms with E-state index in [1.165, 1.54) is 5.56 Å². The molecule has 2 rings (SSSR count). The van der Waals surface area contributed by atoms with Crippen LogP contribution >= 0.6 is 0 Å². The fourth-order valence-electron chi connectivity index (χ4n) is 2.11. The lowest BCUT2D eigenvalue weighted by Gasteiger charge is -2.14. The number of amides is 1. The molecule has 1 aromatic heterocycles. The van der Waals surface area contributed by atoms with Gasteiger partial charge in [0.15, 0.2) is 0 Å². The lowest BCUT2D eigenvalue weighted by molar-refractivity contribution is -0.122. The number of aryl methyl sites for hydroxylation is 1. The van der Waals surface area contributed by atoms with Crippen molar-refractivity contribution in [2.45, 2.75) is 26.4 Å². The molecule has 0 aliphatic rings. The Hall–Kier alpha value is -1.94. The highest BCUT2D eigenvalue weighted by Crippen LogP contribution is 2.18. The molecule has 19 heavy (non-hydrogen) atoms. The summed E-state index contributed by atoms with van der Waals surface area (Å²) in [5, 5.41) is 6.99. The molecule has 4 nitrogen and oxygen atoms in total. The van der Waals surface area contributed by atoms with Crippen molar-refractivity contribution in [3.8, 4) is 0 Å². The van der Waals surface area contributed by atoms with Gasteiger partial charge in [-0.15, -0.1) is 0 Å².